The van der Waals surface area contributed by atoms with E-state index in [1.54, 1.807) is 20.2 Å². The third-order valence-electron chi connectivity index (χ3n) is 3.81. The second-order valence-corrected chi connectivity index (χ2v) is 5.14. The van der Waals surface area contributed by atoms with Gasteiger partial charge in [-0.1, -0.05) is 0 Å². The highest BCUT2D eigenvalue weighted by Gasteiger charge is 2.26. The summed E-state index contributed by atoms with van der Waals surface area (Å²) < 4.78 is 0. The van der Waals surface area contributed by atoms with E-state index < -0.39 is 4.92 Å². The normalized spacial score (nSPS) is 18.2. The average Bonchev–Trinajstić information content (AvgIpc) is 2.53. The van der Waals surface area contributed by atoms with E-state index in [0.717, 1.165) is 25.1 Å². The molecule has 1 aliphatic heterocycles. The van der Waals surface area contributed by atoms with Gasteiger partial charge < -0.3 is 15.5 Å². The molecule has 0 saturated carbocycles. The lowest BCUT2D eigenvalue weighted by Crippen LogP contribution is -2.42. The fourth-order valence-corrected chi connectivity index (χ4v) is 2.66. The van der Waals surface area contributed by atoms with Crippen LogP contribution in [0.1, 0.15) is 12.8 Å². The summed E-state index contributed by atoms with van der Waals surface area (Å²) in [5.41, 5.74) is 1.53. The molecule has 0 aliphatic carbocycles. The Morgan fingerprint density at radius 1 is 1.38 bits per heavy atom. The number of nitrogens with one attached hydrogen (secondary N) is 2. The number of rotatable bonds is 4. The second kappa shape index (κ2) is 6.43. The number of anilines is 2. The summed E-state index contributed by atoms with van der Waals surface area (Å²) in [5, 5.41) is 16.6. The largest absolute Gasteiger partial charge is 0.388 e. The lowest BCUT2D eigenvalue weighted by atomic mass is 9.96. The van der Waals surface area contributed by atoms with Crippen molar-refractivity contribution in [2.45, 2.75) is 12.8 Å². The zero-order valence-corrected chi connectivity index (χ0v) is 12.3. The van der Waals surface area contributed by atoms with Gasteiger partial charge in [0.05, 0.1) is 10.8 Å². The quantitative estimate of drug-likeness (QED) is 0.650. The molecule has 0 radical (unpaired) electrons. The predicted octanol–water partition coefficient (Wildman–Crippen LogP) is 1.60. The lowest BCUT2D eigenvalue weighted by Gasteiger charge is -2.33. The fraction of sp³-hybridized carbons (Fsp3) is 0.500. The first-order valence-corrected chi connectivity index (χ1v) is 6.99. The maximum atomic E-state index is 11.8. The molecule has 0 spiro atoms. The molecular formula is C14H20N4O3. The Labute approximate surface area is 123 Å². The van der Waals surface area contributed by atoms with Crippen molar-refractivity contribution in [3.05, 3.63) is 28.3 Å². The number of nitro groups is 1. The van der Waals surface area contributed by atoms with E-state index in [1.165, 1.54) is 6.07 Å². The predicted molar refractivity (Wildman–Crippen MR) is 81.6 cm³/mol. The number of carbonyl (C=O) groups excluding carboxylic acids is 1. The molecule has 1 heterocycles. The van der Waals surface area contributed by atoms with Gasteiger partial charge in [-0.05, 0) is 18.9 Å². The Morgan fingerprint density at radius 2 is 2.14 bits per heavy atom. The van der Waals surface area contributed by atoms with Crippen LogP contribution in [0.25, 0.3) is 0 Å². The molecule has 1 amide bonds. The molecule has 1 atom stereocenters. The molecule has 7 heteroatoms. The number of amides is 1. The standard InChI is InChI=1S/C14H20N4O3/c1-15-11-6-12(8-13(7-11)18(20)21)17-5-3-4-10(9-17)14(19)16-2/h6-8,10,15H,3-5,9H2,1-2H3,(H,16,19). The topological polar surface area (TPSA) is 87.5 Å². The third kappa shape index (κ3) is 3.42. The van der Waals surface area contributed by atoms with Gasteiger partial charge in [-0.25, -0.2) is 0 Å². The van der Waals surface area contributed by atoms with Crippen LogP contribution in [-0.2, 0) is 4.79 Å². The van der Waals surface area contributed by atoms with Gasteiger partial charge in [0.1, 0.15) is 0 Å². The third-order valence-corrected chi connectivity index (χ3v) is 3.81. The average molecular weight is 292 g/mol. The van der Waals surface area contributed by atoms with Crippen molar-refractivity contribution in [2.75, 3.05) is 37.4 Å². The first-order chi connectivity index (χ1) is 10.0. The van der Waals surface area contributed by atoms with Crippen molar-refractivity contribution < 1.29 is 9.72 Å². The lowest BCUT2D eigenvalue weighted by molar-refractivity contribution is -0.384. The van der Waals surface area contributed by atoms with Gasteiger partial charge in [-0.3, -0.25) is 14.9 Å². The smallest absolute Gasteiger partial charge is 0.273 e. The van der Waals surface area contributed by atoms with Gasteiger partial charge in [0.2, 0.25) is 5.91 Å². The molecule has 1 unspecified atom stereocenters. The number of carbonyl (C=O) groups is 1. The van der Waals surface area contributed by atoms with E-state index in [2.05, 4.69) is 10.6 Å². The van der Waals surface area contributed by atoms with E-state index >= 15 is 0 Å². The van der Waals surface area contributed by atoms with E-state index in [4.69, 9.17) is 0 Å². The first-order valence-electron chi connectivity index (χ1n) is 6.99. The van der Waals surface area contributed by atoms with Crippen LogP contribution in [0.3, 0.4) is 0 Å². The Kier molecular flexibility index (Phi) is 4.62. The number of nitrogens with zero attached hydrogens (tertiary/aromatic N) is 2. The molecule has 1 fully saturated rings. The summed E-state index contributed by atoms with van der Waals surface area (Å²) in [6.07, 6.45) is 1.75. The monoisotopic (exact) mass is 292 g/mol. The number of benzene rings is 1. The minimum atomic E-state index is -0.398. The van der Waals surface area contributed by atoms with E-state index in [9.17, 15) is 14.9 Å². The molecule has 1 aromatic carbocycles. The van der Waals surface area contributed by atoms with Crippen LogP contribution < -0.4 is 15.5 Å². The molecule has 1 saturated heterocycles. The molecule has 0 aromatic heterocycles. The molecule has 1 aliphatic rings. The number of nitro benzene ring substituents is 1. The van der Waals surface area contributed by atoms with Crippen LogP contribution in [0.15, 0.2) is 18.2 Å². The van der Waals surface area contributed by atoms with Crippen molar-refractivity contribution in [3.63, 3.8) is 0 Å². The summed E-state index contributed by atoms with van der Waals surface area (Å²) in [6, 6.07) is 4.94. The highest BCUT2D eigenvalue weighted by molar-refractivity contribution is 5.79. The maximum Gasteiger partial charge on any atom is 0.273 e. The van der Waals surface area contributed by atoms with Gasteiger partial charge in [-0.15, -0.1) is 0 Å². The molecule has 7 nitrogen and oxygen atoms in total. The Balaban J connectivity index is 2.26. The minimum Gasteiger partial charge on any atom is -0.388 e. The highest BCUT2D eigenvalue weighted by atomic mass is 16.6. The molecule has 2 rings (SSSR count). The van der Waals surface area contributed by atoms with Crippen molar-refractivity contribution in [3.8, 4) is 0 Å². The van der Waals surface area contributed by atoms with Crippen molar-refractivity contribution >= 4 is 23.0 Å². The summed E-state index contributed by atoms with van der Waals surface area (Å²) in [7, 11) is 3.36. The Hall–Kier alpha value is -2.31. The van der Waals surface area contributed by atoms with Crippen molar-refractivity contribution in [1.82, 2.24) is 5.32 Å². The van der Waals surface area contributed by atoms with Crippen LogP contribution in [0.4, 0.5) is 17.1 Å². The van der Waals surface area contributed by atoms with Crippen LogP contribution in [0.2, 0.25) is 0 Å². The Bertz CT molecular complexity index is 547. The summed E-state index contributed by atoms with van der Waals surface area (Å²) in [6.45, 7) is 1.39. The first kappa shape index (κ1) is 15.1. The molecule has 2 N–H and O–H groups in total. The Morgan fingerprint density at radius 3 is 2.76 bits per heavy atom. The SMILES string of the molecule is CNC(=O)C1CCCN(c2cc(NC)cc([N+](=O)[O-])c2)C1. The summed E-state index contributed by atoms with van der Waals surface area (Å²) >= 11 is 0. The fourth-order valence-electron chi connectivity index (χ4n) is 2.66. The van der Waals surface area contributed by atoms with Crippen LogP contribution in [-0.4, -0.2) is 38.0 Å². The van der Waals surface area contributed by atoms with Gasteiger partial charge in [-0.2, -0.15) is 0 Å². The summed E-state index contributed by atoms with van der Waals surface area (Å²) in [5.74, 6) is -0.0416. The number of hydrogen-bond donors (Lipinski definition) is 2. The summed E-state index contributed by atoms with van der Waals surface area (Å²) in [4.78, 5) is 24.4. The van der Waals surface area contributed by atoms with Gasteiger partial charge >= 0.3 is 0 Å². The molecule has 114 valence electrons. The minimum absolute atomic E-state index is 0.0268. The second-order valence-electron chi connectivity index (χ2n) is 5.14. The molecule has 1 aromatic rings. The van der Waals surface area contributed by atoms with Gasteiger partial charge in [0, 0.05) is 50.7 Å². The number of non-ortho nitro benzene ring substituents is 1. The van der Waals surface area contributed by atoms with Crippen LogP contribution in [0, 0.1) is 16.0 Å². The highest BCUT2D eigenvalue weighted by Crippen LogP contribution is 2.30. The van der Waals surface area contributed by atoms with Crippen molar-refractivity contribution in [2.24, 2.45) is 5.92 Å². The molecular weight excluding hydrogens is 272 g/mol. The van der Waals surface area contributed by atoms with E-state index in [-0.39, 0.29) is 17.5 Å². The van der Waals surface area contributed by atoms with Crippen LogP contribution in [0.5, 0.6) is 0 Å². The van der Waals surface area contributed by atoms with E-state index in [1.807, 2.05) is 11.0 Å². The number of hydrogen-bond acceptors (Lipinski definition) is 5. The number of piperidine rings is 1. The zero-order valence-electron chi connectivity index (χ0n) is 12.3. The zero-order chi connectivity index (χ0) is 15.4. The van der Waals surface area contributed by atoms with E-state index in [0.29, 0.717) is 12.2 Å². The van der Waals surface area contributed by atoms with Gasteiger partial charge in [0.25, 0.3) is 5.69 Å². The van der Waals surface area contributed by atoms with Crippen LogP contribution >= 0.6 is 0 Å². The molecule has 0 bridgehead atoms. The van der Waals surface area contributed by atoms with Crippen molar-refractivity contribution in [1.29, 1.82) is 0 Å². The van der Waals surface area contributed by atoms with Gasteiger partial charge in [0.15, 0.2) is 0 Å². The maximum absolute atomic E-state index is 11.8. The molecule has 21 heavy (non-hydrogen) atoms.